The molecular weight excluding hydrogens is 164 g/mol. The van der Waals surface area contributed by atoms with Crippen LogP contribution in [0, 0.1) is 17.0 Å². The number of hydrogen-bond donors (Lipinski definition) is 2. The van der Waals surface area contributed by atoms with Crippen LogP contribution in [0.3, 0.4) is 0 Å². The van der Waals surface area contributed by atoms with Crippen molar-refractivity contribution >= 4 is 11.6 Å². The van der Waals surface area contributed by atoms with Crippen molar-refractivity contribution < 1.29 is 9.72 Å². The summed E-state index contributed by atoms with van der Waals surface area (Å²) in [5.41, 5.74) is 4.36. The lowest BCUT2D eigenvalue weighted by Crippen LogP contribution is -2.13. The number of nitrogens with one attached hydrogen (secondary N) is 1. The summed E-state index contributed by atoms with van der Waals surface area (Å²) >= 11 is 0. The van der Waals surface area contributed by atoms with Gasteiger partial charge in [0.25, 0.3) is 5.91 Å². The second-order valence-corrected chi connectivity index (χ2v) is 2.17. The zero-order valence-corrected chi connectivity index (χ0v) is 6.20. The van der Waals surface area contributed by atoms with Crippen molar-refractivity contribution in [2.45, 2.75) is 6.92 Å². The Balaban J connectivity index is 3.31. The minimum Gasteiger partial charge on any atom is -0.364 e. The van der Waals surface area contributed by atoms with Gasteiger partial charge in [0.1, 0.15) is 5.69 Å². The van der Waals surface area contributed by atoms with Crippen molar-refractivity contribution in [2.75, 3.05) is 0 Å². The van der Waals surface area contributed by atoms with E-state index < -0.39 is 10.8 Å². The number of carbonyl (C=O) groups is 1. The van der Waals surface area contributed by atoms with Gasteiger partial charge in [0.15, 0.2) is 0 Å². The first-order valence-electron chi connectivity index (χ1n) is 3.03. The molecule has 7 heteroatoms. The van der Waals surface area contributed by atoms with Crippen LogP contribution in [0.4, 0.5) is 5.69 Å². The second kappa shape index (κ2) is 2.61. The molecule has 0 aliphatic heterocycles. The minimum absolute atomic E-state index is 0.216. The molecule has 1 heterocycles. The Morgan fingerprint density at radius 1 is 1.75 bits per heavy atom. The Morgan fingerprint density at radius 2 is 2.33 bits per heavy atom. The Hall–Kier alpha value is -1.92. The molecule has 0 unspecified atom stereocenters. The highest BCUT2D eigenvalue weighted by atomic mass is 16.6. The Morgan fingerprint density at radius 3 is 2.67 bits per heavy atom. The molecule has 12 heavy (non-hydrogen) atoms. The third kappa shape index (κ3) is 1.11. The van der Waals surface area contributed by atoms with Gasteiger partial charge in [-0.2, -0.15) is 5.10 Å². The molecular formula is C5H6N4O3. The van der Waals surface area contributed by atoms with Crippen LogP contribution < -0.4 is 5.73 Å². The van der Waals surface area contributed by atoms with Crippen LogP contribution in [0.1, 0.15) is 16.2 Å². The Kier molecular flexibility index (Phi) is 1.78. The molecule has 0 atom stereocenters. The van der Waals surface area contributed by atoms with E-state index in [-0.39, 0.29) is 17.1 Å². The summed E-state index contributed by atoms with van der Waals surface area (Å²) in [4.78, 5) is 20.2. The predicted molar refractivity (Wildman–Crippen MR) is 38.5 cm³/mol. The Labute approximate surface area is 66.7 Å². The molecule has 0 saturated heterocycles. The fourth-order valence-electron chi connectivity index (χ4n) is 0.818. The van der Waals surface area contributed by atoms with E-state index in [1.807, 2.05) is 0 Å². The normalized spacial score (nSPS) is 9.75. The molecule has 7 nitrogen and oxygen atoms in total. The number of aryl methyl sites for hydroxylation is 1. The largest absolute Gasteiger partial charge is 0.364 e. The summed E-state index contributed by atoms with van der Waals surface area (Å²) in [6, 6.07) is 0. The number of hydrogen-bond acceptors (Lipinski definition) is 4. The van der Waals surface area contributed by atoms with Crippen molar-refractivity contribution in [3.05, 3.63) is 21.5 Å². The fourth-order valence-corrected chi connectivity index (χ4v) is 0.818. The number of aromatic amines is 1. The van der Waals surface area contributed by atoms with Crippen LogP contribution in [0.15, 0.2) is 0 Å². The van der Waals surface area contributed by atoms with Crippen molar-refractivity contribution in [3.8, 4) is 0 Å². The van der Waals surface area contributed by atoms with Crippen molar-refractivity contribution in [1.29, 1.82) is 0 Å². The molecule has 1 aromatic heterocycles. The van der Waals surface area contributed by atoms with E-state index in [1.54, 1.807) is 0 Å². The number of rotatable bonds is 2. The van der Waals surface area contributed by atoms with Gasteiger partial charge in [0.2, 0.25) is 5.69 Å². The summed E-state index contributed by atoms with van der Waals surface area (Å²) in [6.45, 7) is 1.44. The van der Waals surface area contributed by atoms with Gasteiger partial charge in [-0.15, -0.1) is 0 Å². The molecule has 0 bridgehead atoms. The maximum atomic E-state index is 10.6. The van der Waals surface area contributed by atoms with Crippen molar-refractivity contribution in [3.63, 3.8) is 0 Å². The molecule has 1 amide bonds. The molecule has 3 N–H and O–H groups in total. The molecule has 0 aromatic carbocycles. The number of carbonyl (C=O) groups excluding carboxylic acids is 1. The highest BCUT2D eigenvalue weighted by molar-refractivity contribution is 5.95. The minimum atomic E-state index is -0.911. The molecule has 1 aromatic rings. The number of nitrogens with zero attached hydrogens (tertiary/aromatic N) is 2. The zero-order chi connectivity index (χ0) is 9.30. The number of aromatic nitrogens is 2. The molecule has 64 valence electrons. The SMILES string of the molecule is Cc1[nH]nc(C(N)=O)c1[N+](=O)[O-]. The summed E-state index contributed by atoms with van der Waals surface area (Å²) in [5.74, 6) is -0.911. The van der Waals surface area contributed by atoms with Crippen LogP contribution in [0.25, 0.3) is 0 Å². The molecule has 0 saturated carbocycles. The lowest BCUT2D eigenvalue weighted by atomic mass is 10.3. The number of amides is 1. The van der Waals surface area contributed by atoms with Crippen molar-refractivity contribution in [1.82, 2.24) is 10.2 Å². The standard InChI is InChI=1S/C5H6N4O3/c1-2-4(9(11)12)3(5(6)10)8-7-2/h1H3,(H2,6,10)(H,7,8). The molecule has 0 fully saturated rings. The first-order valence-corrected chi connectivity index (χ1v) is 3.03. The van der Waals surface area contributed by atoms with Gasteiger partial charge >= 0.3 is 5.69 Å². The second-order valence-electron chi connectivity index (χ2n) is 2.17. The van der Waals surface area contributed by atoms with E-state index in [2.05, 4.69) is 10.2 Å². The van der Waals surface area contributed by atoms with Crippen LogP contribution in [0.2, 0.25) is 0 Å². The van der Waals surface area contributed by atoms with Gasteiger partial charge in [-0.3, -0.25) is 20.0 Å². The van der Waals surface area contributed by atoms with E-state index in [9.17, 15) is 14.9 Å². The highest BCUT2D eigenvalue weighted by Crippen LogP contribution is 2.18. The predicted octanol–water partition coefficient (Wildman–Crippen LogP) is -0.275. The Bertz CT molecular complexity index is 342. The lowest BCUT2D eigenvalue weighted by Gasteiger charge is -1.88. The van der Waals surface area contributed by atoms with Gasteiger partial charge in [-0.1, -0.05) is 0 Å². The highest BCUT2D eigenvalue weighted by Gasteiger charge is 2.24. The lowest BCUT2D eigenvalue weighted by molar-refractivity contribution is -0.385. The monoisotopic (exact) mass is 170 g/mol. The maximum absolute atomic E-state index is 10.6. The van der Waals surface area contributed by atoms with Crippen LogP contribution in [0.5, 0.6) is 0 Å². The third-order valence-electron chi connectivity index (χ3n) is 1.33. The number of primary amides is 1. The maximum Gasteiger partial charge on any atom is 0.322 e. The van der Waals surface area contributed by atoms with E-state index in [1.165, 1.54) is 6.92 Å². The van der Waals surface area contributed by atoms with Crippen molar-refractivity contribution in [2.24, 2.45) is 5.73 Å². The summed E-state index contributed by atoms with van der Waals surface area (Å²) in [7, 11) is 0. The van der Waals surface area contributed by atoms with Gasteiger partial charge < -0.3 is 5.73 Å². The molecule has 0 spiro atoms. The quantitative estimate of drug-likeness (QED) is 0.469. The number of H-pyrrole nitrogens is 1. The van der Waals surface area contributed by atoms with Gasteiger partial charge in [-0.25, -0.2) is 0 Å². The number of nitro groups is 1. The molecule has 0 aliphatic carbocycles. The fraction of sp³-hybridized carbons (Fsp3) is 0.200. The van der Waals surface area contributed by atoms with Gasteiger partial charge in [0.05, 0.1) is 4.92 Å². The average Bonchev–Trinajstić information content (AvgIpc) is 2.30. The van der Waals surface area contributed by atoms with E-state index in [4.69, 9.17) is 5.73 Å². The third-order valence-corrected chi connectivity index (χ3v) is 1.33. The van der Waals surface area contributed by atoms with E-state index in [0.717, 1.165) is 0 Å². The summed E-state index contributed by atoms with van der Waals surface area (Å²) in [6.07, 6.45) is 0. The first-order chi connectivity index (χ1) is 5.54. The van der Waals surface area contributed by atoms with Gasteiger partial charge in [-0.05, 0) is 6.92 Å². The topological polar surface area (TPSA) is 115 Å². The summed E-state index contributed by atoms with van der Waals surface area (Å²) in [5, 5.41) is 16.0. The van der Waals surface area contributed by atoms with E-state index in [0.29, 0.717) is 0 Å². The van der Waals surface area contributed by atoms with Crippen LogP contribution in [-0.2, 0) is 0 Å². The van der Waals surface area contributed by atoms with Gasteiger partial charge in [0, 0.05) is 0 Å². The summed E-state index contributed by atoms with van der Waals surface area (Å²) < 4.78 is 0. The molecule has 0 aliphatic rings. The van der Waals surface area contributed by atoms with Crippen LogP contribution >= 0.6 is 0 Å². The molecule has 1 rings (SSSR count). The number of nitrogens with two attached hydrogens (primary N) is 1. The average molecular weight is 170 g/mol. The molecule has 0 radical (unpaired) electrons. The van der Waals surface area contributed by atoms with E-state index >= 15 is 0 Å². The smallest absolute Gasteiger partial charge is 0.322 e. The van der Waals surface area contributed by atoms with Crippen LogP contribution in [-0.4, -0.2) is 21.0 Å². The first kappa shape index (κ1) is 8.18. The zero-order valence-electron chi connectivity index (χ0n) is 6.20.